The molecule has 3 rings (SSSR count). The van der Waals surface area contributed by atoms with Gasteiger partial charge in [0, 0.05) is 5.02 Å². The first-order chi connectivity index (χ1) is 9.19. The lowest BCUT2D eigenvalue weighted by atomic mass is 10.1. The van der Waals surface area contributed by atoms with Gasteiger partial charge >= 0.3 is 0 Å². The standard InChI is InChI=1S/C17H16ClSi/c1-3-19-16-10-12(2)4-5-13(16)6-7-14-8-9-15(18)11-17(14)19/h4-11H,3H2,1-2H3. The first-order valence-corrected chi connectivity index (χ1v) is 8.72. The summed E-state index contributed by atoms with van der Waals surface area (Å²) in [6.07, 6.45) is 4.47. The van der Waals surface area contributed by atoms with Gasteiger partial charge in [0.1, 0.15) is 8.80 Å². The summed E-state index contributed by atoms with van der Waals surface area (Å²) in [6, 6.07) is 14.3. The summed E-state index contributed by atoms with van der Waals surface area (Å²) in [5.41, 5.74) is 4.04. The van der Waals surface area contributed by atoms with Gasteiger partial charge in [0.2, 0.25) is 0 Å². The van der Waals surface area contributed by atoms with Crippen LogP contribution in [0.25, 0.3) is 12.2 Å². The van der Waals surface area contributed by atoms with Crippen molar-refractivity contribution >= 4 is 42.9 Å². The molecule has 0 atom stereocenters. The fourth-order valence-electron chi connectivity index (χ4n) is 2.72. The molecule has 0 bridgehead atoms. The van der Waals surface area contributed by atoms with Gasteiger partial charge in [0.25, 0.3) is 0 Å². The lowest BCUT2D eigenvalue weighted by Crippen LogP contribution is -2.43. The van der Waals surface area contributed by atoms with Crippen LogP contribution in [0, 0.1) is 6.92 Å². The van der Waals surface area contributed by atoms with Crippen molar-refractivity contribution in [1.29, 1.82) is 0 Å². The molecule has 0 fully saturated rings. The molecule has 0 saturated heterocycles. The van der Waals surface area contributed by atoms with E-state index < -0.39 is 8.80 Å². The largest absolute Gasteiger partial charge is 0.122 e. The first-order valence-electron chi connectivity index (χ1n) is 6.64. The van der Waals surface area contributed by atoms with Crippen molar-refractivity contribution in [3.8, 4) is 0 Å². The summed E-state index contributed by atoms with van der Waals surface area (Å²) in [5.74, 6) is 0. The molecule has 2 aromatic carbocycles. The maximum atomic E-state index is 6.20. The number of hydrogen-bond acceptors (Lipinski definition) is 0. The molecule has 1 aliphatic rings. The van der Waals surface area contributed by atoms with Crippen LogP contribution in [0.3, 0.4) is 0 Å². The second kappa shape index (κ2) is 4.99. The van der Waals surface area contributed by atoms with Gasteiger partial charge in [0.15, 0.2) is 0 Å². The SMILES string of the molecule is CC[Si]1c2cc(C)ccc2C=Cc2ccc(Cl)cc21. The molecule has 95 valence electrons. The summed E-state index contributed by atoms with van der Waals surface area (Å²) < 4.78 is 0. The minimum Gasteiger partial charge on any atom is -0.0843 e. The quantitative estimate of drug-likeness (QED) is 0.699. The zero-order valence-electron chi connectivity index (χ0n) is 11.2. The Bertz CT molecular complexity index is 603. The van der Waals surface area contributed by atoms with Crippen LogP contribution < -0.4 is 10.4 Å². The molecule has 0 nitrogen and oxygen atoms in total. The Labute approximate surface area is 121 Å². The van der Waals surface area contributed by atoms with Crippen molar-refractivity contribution in [3.05, 3.63) is 58.1 Å². The van der Waals surface area contributed by atoms with Gasteiger partial charge in [-0.05, 0) is 40.6 Å². The van der Waals surface area contributed by atoms with Crippen LogP contribution in [0.2, 0.25) is 11.1 Å². The lowest BCUT2D eigenvalue weighted by Gasteiger charge is -2.17. The number of benzene rings is 2. The highest BCUT2D eigenvalue weighted by Crippen LogP contribution is 2.17. The van der Waals surface area contributed by atoms with Gasteiger partial charge in [-0.2, -0.15) is 0 Å². The van der Waals surface area contributed by atoms with Gasteiger partial charge in [-0.1, -0.05) is 66.5 Å². The number of hydrogen-bond donors (Lipinski definition) is 0. The second-order valence-corrected chi connectivity index (χ2v) is 8.17. The molecular weight excluding hydrogens is 268 g/mol. The molecule has 2 aromatic rings. The van der Waals surface area contributed by atoms with Crippen molar-refractivity contribution in [2.24, 2.45) is 0 Å². The maximum Gasteiger partial charge on any atom is 0.122 e. The van der Waals surface area contributed by atoms with Gasteiger partial charge in [0.05, 0.1) is 0 Å². The van der Waals surface area contributed by atoms with Crippen LogP contribution >= 0.6 is 11.6 Å². The van der Waals surface area contributed by atoms with E-state index in [1.54, 1.807) is 0 Å². The third-order valence-corrected chi connectivity index (χ3v) is 6.78. The number of fused-ring (bicyclic) bond motifs is 2. The van der Waals surface area contributed by atoms with Crippen LogP contribution in [0.4, 0.5) is 0 Å². The van der Waals surface area contributed by atoms with E-state index in [0.717, 1.165) is 5.02 Å². The third kappa shape index (κ3) is 2.29. The summed E-state index contributed by atoms with van der Waals surface area (Å²) in [6.45, 7) is 4.46. The Balaban J connectivity index is 2.26. The summed E-state index contributed by atoms with van der Waals surface area (Å²) in [7, 11) is -0.728. The Hall–Kier alpha value is -1.31. The van der Waals surface area contributed by atoms with Crippen LogP contribution in [0.5, 0.6) is 0 Å². The molecule has 1 radical (unpaired) electrons. The molecule has 0 aliphatic carbocycles. The molecule has 1 heterocycles. The minimum atomic E-state index is -0.728. The summed E-state index contributed by atoms with van der Waals surface area (Å²) in [5, 5.41) is 3.81. The summed E-state index contributed by atoms with van der Waals surface area (Å²) in [4.78, 5) is 0. The molecule has 0 N–H and O–H groups in total. The van der Waals surface area contributed by atoms with Gasteiger partial charge < -0.3 is 0 Å². The number of aryl methyl sites for hydroxylation is 1. The highest BCUT2D eigenvalue weighted by Gasteiger charge is 2.22. The van der Waals surface area contributed by atoms with Crippen LogP contribution in [-0.4, -0.2) is 8.80 Å². The Morgan fingerprint density at radius 3 is 2.26 bits per heavy atom. The zero-order chi connectivity index (χ0) is 13.4. The number of rotatable bonds is 1. The molecular formula is C17H16ClSi. The zero-order valence-corrected chi connectivity index (χ0v) is 13.0. The third-order valence-electron chi connectivity index (χ3n) is 3.67. The van der Waals surface area contributed by atoms with Crippen LogP contribution in [0.1, 0.15) is 23.6 Å². The molecule has 0 aromatic heterocycles. The first kappa shape index (κ1) is 12.7. The minimum absolute atomic E-state index is 0.728. The van der Waals surface area contributed by atoms with E-state index in [9.17, 15) is 0 Å². The highest BCUT2D eigenvalue weighted by atomic mass is 35.5. The molecule has 1 aliphatic heterocycles. The normalized spacial score (nSPS) is 13.8. The molecule has 0 saturated carbocycles. The highest BCUT2D eigenvalue weighted by molar-refractivity contribution is 6.86. The summed E-state index contributed by atoms with van der Waals surface area (Å²) >= 11 is 6.20. The fraction of sp³-hybridized carbons (Fsp3) is 0.176. The molecule has 2 heteroatoms. The monoisotopic (exact) mass is 283 g/mol. The van der Waals surface area contributed by atoms with Crippen molar-refractivity contribution in [3.63, 3.8) is 0 Å². The number of halogens is 1. The lowest BCUT2D eigenvalue weighted by molar-refractivity contribution is 1.42. The van der Waals surface area contributed by atoms with E-state index in [0.29, 0.717) is 0 Å². The average molecular weight is 284 g/mol. The smallest absolute Gasteiger partial charge is 0.0843 e. The van der Waals surface area contributed by atoms with Crippen molar-refractivity contribution in [1.82, 2.24) is 0 Å². The molecule has 0 amide bonds. The topological polar surface area (TPSA) is 0 Å². The van der Waals surface area contributed by atoms with Crippen molar-refractivity contribution < 1.29 is 0 Å². The molecule has 19 heavy (non-hydrogen) atoms. The molecule has 0 unspecified atom stereocenters. The van der Waals surface area contributed by atoms with Gasteiger partial charge in [-0.3, -0.25) is 0 Å². The fourth-order valence-corrected chi connectivity index (χ4v) is 5.79. The van der Waals surface area contributed by atoms with Crippen molar-refractivity contribution in [2.45, 2.75) is 19.9 Å². The van der Waals surface area contributed by atoms with Crippen molar-refractivity contribution in [2.75, 3.05) is 0 Å². The maximum absolute atomic E-state index is 6.20. The van der Waals surface area contributed by atoms with E-state index in [-0.39, 0.29) is 0 Å². The van der Waals surface area contributed by atoms with Gasteiger partial charge in [-0.15, -0.1) is 0 Å². The van der Waals surface area contributed by atoms with Crippen LogP contribution in [0.15, 0.2) is 36.4 Å². The molecule has 0 spiro atoms. The van der Waals surface area contributed by atoms with E-state index in [1.807, 2.05) is 6.07 Å². The van der Waals surface area contributed by atoms with Gasteiger partial charge in [-0.25, -0.2) is 0 Å². The van der Waals surface area contributed by atoms with E-state index in [1.165, 1.54) is 33.1 Å². The average Bonchev–Trinajstić information content (AvgIpc) is 2.54. The van der Waals surface area contributed by atoms with Crippen LogP contribution in [-0.2, 0) is 0 Å². The Morgan fingerprint density at radius 2 is 1.58 bits per heavy atom. The second-order valence-electron chi connectivity index (χ2n) is 4.99. The Morgan fingerprint density at radius 1 is 0.947 bits per heavy atom. The predicted molar refractivity (Wildman–Crippen MR) is 87.1 cm³/mol. The predicted octanol–water partition coefficient (Wildman–Crippen LogP) is 3.76. The van der Waals surface area contributed by atoms with E-state index in [2.05, 4.69) is 56.3 Å². The van der Waals surface area contributed by atoms with E-state index in [4.69, 9.17) is 11.6 Å². The van der Waals surface area contributed by atoms with E-state index >= 15 is 0 Å². The Kier molecular flexibility index (Phi) is 3.34.